The third-order valence-corrected chi connectivity index (χ3v) is 2.30. The van der Waals surface area contributed by atoms with Crippen LogP contribution < -0.4 is 5.32 Å². The van der Waals surface area contributed by atoms with Crippen molar-refractivity contribution < 1.29 is 37.5 Å². The predicted molar refractivity (Wildman–Crippen MR) is 44.8 cm³/mol. The Morgan fingerprint density at radius 2 is 1.92 bits per heavy atom. The Morgan fingerprint density at radius 3 is 2.08 bits per heavy atom. The second kappa shape index (κ2) is 4.71. The van der Waals surface area contributed by atoms with Crippen molar-refractivity contribution in [1.82, 2.24) is 5.32 Å². The first-order valence-corrected chi connectivity index (χ1v) is 4.14. The van der Waals surface area contributed by atoms with Gasteiger partial charge >= 0.3 is 32.7 Å². The van der Waals surface area contributed by atoms with E-state index in [1.54, 1.807) is 0 Å². The van der Waals surface area contributed by atoms with Crippen molar-refractivity contribution in [3.63, 3.8) is 0 Å². The second-order valence-electron chi connectivity index (χ2n) is 3.83. The van der Waals surface area contributed by atoms with Crippen molar-refractivity contribution >= 4 is 5.91 Å². The van der Waals surface area contributed by atoms with Gasteiger partial charge in [-0.1, -0.05) is 19.9 Å². The summed E-state index contributed by atoms with van der Waals surface area (Å²) in [4.78, 5) is 11.1. The molecule has 1 heterocycles. The Bertz CT molecular complexity index is 168. The van der Waals surface area contributed by atoms with Gasteiger partial charge in [-0.2, -0.15) is 13.8 Å². The molecule has 0 bridgehead atoms. The Labute approximate surface area is 99.7 Å². The van der Waals surface area contributed by atoms with E-state index in [1.165, 1.54) is 5.92 Å². The molecule has 2 unspecified atom stereocenters. The molecule has 0 aromatic heterocycles. The molecule has 0 radical (unpaired) electrons. The van der Waals surface area contributed by atoms with E-state index in [2.05, 4.69) is 33.0 Å². The van der Waals surface area contributed by atoms with E-state index in [9.17, 15) is 4.79 Å². The number of nitrogens with one attached hydrogen (secondary N) is 1. The van der Waals surface area contributed by atoms with Crippen LogP contribution in [0.25, 0.3) is 0 Å². The summed E-state index contributed by atoms with van der Waals surface area (Å²) in [6, 6.07) is 0.336. The van der Waals surface area contributed by atoms with Crippen molar-refractivity contribution in [1.29, 1.82) is 0 Å². The number of carbonyl (C=O) groups is 1. The first kappa shape index (κ1) is 12.6. The number of hydrogen-bond acceptors (Lipinski definition) is 1. The minimum absolute atomic E-state index is 0. The van der Waals surface area contributed by atoms with E-state index in [0.29, 0.717) is 12.0 Å². The van der Waals surface area contributed by atoms with Crippen molar-refractivity contribution in [2.75, 3.05) is 0 Å². The molecule has 12 heavy (non-hydrogen) atoms. The summed E-state index contributed by atoms with van der Waals surface area (Å²) < 4.78 is 0. The fraction of sp³-hybridized carbons (Fsp3) is 0.778. The number of carbonyl (C=O) groups excluding carboxylic acids is 1. The smallest absolute Gasteiger partial charge is 0.382 e. The van der Waals surface area contributed by atoms with Gasteiger partial charge in [0.05, 0.1) is 0 Å². The molecule has 64 valence electrons. The molecule has 1 saturated heterocycles. The van der Waals surface area contributed by atoms with Gasteiger partial charge in [-0.15, -0.1) is 0 Å². The largest absolute Gasteiger partial charge is 3.00 e. The molecule has 0 aliphatic carbocycles. The molecular formula is C9H16NOY+2. The summed E-state index contributed by atoms with van der Waals surface area (Å²) in [6.07, 6.45) is 0. The zero-order chi connectivity index (χ0) is 8.59. The van der Waals surface area contributed by atoms with Gasteiger partial charge in [0.15, 0.2) is 0 Å². The van der Waals surface area contributed by atoms with Gasteiger partial charge in [-0.05, 0) is 5.92 Å². The molecular weight excluding hydrogens is 227 g/mol. The fourth-order valence-electron chi connectivity index (χ4n) is 1.59. The van der Waals surface area contributed by atoms with Gasteiger partial charge in [-0.3, -0.25) is 10.7 Å². The molecule has 0 aromatic carbocycles. The molecule has 0 saturated carbocycles. The number of β-lactam (4-membered cyclic amide) rings is 1. The van der Waals surface area contributed by atoms with Crippen LogP contribution in [0.3, 0.4) is 0 Å². The van der Waals surface area contributed by atoms with Gasteiger partial charge in [0.1, 0.15) is 0 Å². The van der Waals surface area contributed by atoms with Crippen LogP contribution in [0, 0.1) is 17.8 Å². The standard InChI is InChI=1S/C9H16NO.Y/c1-5(2)7-8(6(3)4)10-9(7)11;/h5,7-8H,1-4H3,(H,10,11);/q-1;+3. The maximum atomic E-state index is 11.1. The monoisotopic (exact) mass is 243 g/mol. The van der Waals surface area contributed by atoms with Crippen molar-refractivity contribution in [3.8, 4) is 0 Å². The van der Waals surface area contributed by atoms with Crippen LogP contribution in [-0.2, 0) is 37.5 Å². The first-order chi connectivity index (χ1) is 5.04. The van der Waals surface area contributed by atoms with Crippen LogP contribution in [0.2, 0.25) is 0 Å². The molecule has 1 amide bonds. The van der Waals surface area contributed by atoms with E-state index >= 15 is 0 Å². The van der Waals surface area contributed by atoms with Crippen LogP contribution in [-0.4, -0.2) is 11.9 Å². The summed E-state index contributed by atoms with van der Waals surface area (Å²) in [7, 11) is 0. The van der Waals surface area contributed by atoms with Gasteiger partial charge in [0.25, 0.3) is 0 Å². The Balaban J connectivity index is 0.00000121. The summed E-state index contributed by atoms with van der Waals surface area (Å²) in [5, 5.41) is 2.90. The fourth-order valence-corrected chi connectivity index (χ4v) is 1.59. The van der Waals surface area contributed by atoms with Crippen molar-refractivity contribution in [2.45, 2.75) is 33.7 Å². The van der Waals surface area contributed by atoms with Gasteiger partial charge in [-0.25, -0.2) is 0 Å². The summed E-state index contributed by atoms with van der Waals surface area (Å²) >= 11 is 0. The molecule has 0 aromatic rings. The quantitative estimate of drug-likeness (QED) is 0.576. The molecule has 0 spiro atoms. The average Bonchev–Trinajstić information content (AvgIpc) is 1.80. The van der Waals surface area contributed by atoms with Gasteiger partial charge in [0.2, 0.25) is 5.91 Å². The molecule has 2 atom stereocenters. The van der Waals surface area contributed by atoms with E-state index < -0.39 is 0 Å². The Hall–Kier alpha value is 0.574. The van der Waals surface area contributed by atoms with Crippen molar-refractivity contribution in [2.24, 2.45) is 11.8 Å². The molecule has 1 fully saturated rings. The van der Waals surface area contributed by atoms with E-state index in [1.807, 2.05) is 0 Å². The third kappa shape index (κ3) is 2.29. The van der Waals surface area contributed by atoms with Crippen LogP contribution in [0.4, 0.5) is 0 Å². The van der Waals surface area contributed by atoms with Crippen molar-refractivity contribution in [3.05, 3.63) is 5.92 Å². The predicted octanol–water partition coefficient (Wildman–Crippen LogP) is 1.37. The van der Waals surface area contributed by atoms with Crippen LogP contribution in [0.15, 0.2) is 0 Å². The van der Waals surface area contributed by atoms with Crippen LogP contribution >= 0.6 is 0 Å². The molecule has 1 rings (SSSR count). The molecule has 3 heteroatoms. The summed E-state index contributed by atoms with van der Waals surface area (Å²) in [5.41, 5.74) is 0. The Morgan fingerprint density at radius 1 is 1.42 bits per heavy atom. The molecule has 1 N–H and O–H groups in total. The topological polar surface area (TPSA) is 29.1 Å². The number of hydrogen-bond donors (Lipinski definition) is 1. The molecule has 1 aliphatic heterocycles. The van der Waals surface area contributed by atoms with Crippen LogP contribution in [0.1, 0.15) is 27.7 Å². The van der Waals surface area contributed by atoms with E-state index in [-0.39, 0.29) is 44.5 Å². The van der Waals surface area contributed by atoms with Gasteiger partial charge < -0.3 is 5.32 Å². The van der Waals surface area contributed by atoms with E-state index in [4.69, 9.17) is 0 Å². The minimum atomic E-state index is 0. The number of amides is 1. The van der Waals surface area contributed by atoms with Crippen LogP contribution in [0.5, 0.6) is 0 Å². The Kier molecular flexibility index (Phi) is 4.94. The van der Waals surface area contributed by atoms with E-state index in [0.717, 1.165) is 0 Å². The maximum absolute atomic E-state index is 11.1. The average molecular weight is 243 g/mol. The molecule has 1 aliphatic rings. The zero-order valence-electron chi connectivity index (χ0n) is 8.22. The maximum Gasteiger partial charge on any atom is 3.00 e. The normalized spacial score (nSPS) is 28.0. The second-order valence-corrected chi connectivity index (χ2v) is 3.83. The molecule has 2 nitrogen and oxygen atoms in total. The first-order valence-electron chi connectivity index (χ1n) is 4.14. The minimum Gasteiger partial charge on any atom is -0.382 e. The summed E-state index contributed by atoms with van der Waals surface area (Å²) in [5.74, 6) is 2.21. The third-order valence-electron chi connectivity index (χ3n) is 2.30. The zero-order valence-corrected chi connectivity index (χ0v) is 11.1. The van der Waals surface area contributed by atoms with Gasteiger partial charge in [0, 0.05) is 5.92 Å². The number of rotatable bonds is 2. The summed E-state index contributed by atoms with van der Waals surface area (Å²) in [6.45, 7) is 8.33. The SMILES string of the molecule is C[C-](C)C1NC(=O)C1C(C)C.[Y+3].